The van der Waals surface area contributed by atoms with Crippen molar-refractivity contribution in [1.82, 2.24) is 0 Å². The van der Waals surface area contributed by atoms with Gasteiger partial charge in [-0.2, -0.15) is 0 Å². The zero-order valence-corrected chi connectivity index (χ0v) is 9.22. The molecule has 1 rings (SSSR count). The van der Waals surface area contributed by atoms with E-state index in [-0.39, 0.29) is 0 Å². The largest absolute Gasteiger partial charge is 0.573 e. The van der Waals surface area contributed by atoms with Crippen molar-refractivity contribution in [1.29, 1.82) is 0 Å². The van der Waals surface area contributed by atoms with Crippen molar-refractivity contribution in [2.24, 2.45) is 5.73 Å². The molecule has 0 aromatic heterocycles. The normalized spacial score (nSPS) is 14.3. The minimum atomic E-state index is -5.04. The Morgan fingerprint density at radius 2 is 1.79 bits per heavy atom. The van der Waals surface area contributed by atoms with Gasteiger partial charge in [0.25, 0.3) is 5.92 Å². The van der Waals surface area contributed by atoms with Crippen LogP contribution in [0.25, 0.3) is 0 Å². The van der Waals surface area contributed by atoms with Crippen LogP contribution in [-0.2, 0) is 0 Å². The molecule has 0 fully saturated rings. The summed E-state index contributed by atoms with van der Waals surface area (Å²) in [6.45, 7) is -1.67. The van der Waals surface area contributed by atoms with Crippen LogP contribution in [0.5, 0.6) is 5.75 Å². The molecule has 0 saturated heterocycles. The fourth-order valence-electron chi connectivity index (χ4n) is 1.28. The van der Waals surface area contributed by atoms with Gasteiger partial charge in [0.15, 0.2) is 0 Å². The van der Waals surface area contributed by atoms with E-state index in [1.54, 1.807) is 0 Å². The van der Waals surface area contributed by atoms with E-state index in [2.05, 4.69) is 4.74 Å². The molecule has 0 radical (unpaired) electrons. The molecule has 0 bridgehead atoms. The van der Waals surface area contributed by atoms with E-state index in [0.29, 0.717) is 18.2 Å². The Hall–Kier alpha value is -1.48. The van der Waals surface area contributed by atoms with Crippen molar-refractivity contribution in [3.63, 3.8) is 0 Å². The molecule has 19 heavy (non-hydrogen) atoms. The number of benzene rings is 1. The van der Waals surface area contributed by atoms with Gasteiger partial charge < -0.3 is 15.6 Å². The number of ether oxygens (including phenoxy) is 1. The highest BCUT2D eigenvalue weighted by Crippen LogP contribution is 2.33. The van der Waals surface area contributed by atoms with Crippen molar-refractivity contribution >= 4 is 0 Å². The fourth-order valence-corrected chi connectivity index (χ4v) is 1.28. The minimum absolute atomic E-state index is 0.414. The highest BCUT2D eigenvalue weighted by atomic mass is 19.4. The van der Waals surface area contributed by atoms with E-state index in [1.807, 2.05) is 0 Å². The summed E-state index contributed by atoms with van der Waals surface area (Å²) in [4.78, 5) is 0. The number of alkyl halides is 5. The van der Waals surface area contributed by atoms with Gasteiger partial charge in [-0.1, -0.05) is 0 Å². The molecule has 1 aromatic carbocycles. The SMILES string of the molecule is N[C@@H](c1cc(OC(F)(F)F)ccc1F)C(F)(F)CO. The van der Waals surface area contributed by atoms with Gasteiger partial charge in [-0.3, -0.25) is 0 Å². The lowest BCUT2D eigenvalue weighted by Gasteiger charge is -2.22. The van der Waals surface area contributed by atoms with Gasteiger partial charge in [0.05, 0.1) is 6.04 Å². The van der Waals surface area contributed by atoms with Gasteiger partial charge in [0, 0.05) is 5.56 Å². The Kier molecular flexibility index (Phi) is 4.31. The summed E-state index contributed by atoms with van der Waals surface area (Å²) >= 11 is 0. The van der Waals surface area contributed by atoms with Gasteiger partial charge >= 0.3 is 6.36 Å². The summed E-state index contributed by atoms with van der Waals surface area (Å²) in [5, 5.41) is 8.41. The third-order valence-corrected chi connectivity index (χ3v) is 2.20. The highest BCUT2D eigenvalue weighted by Gasteiger charge is 2.39. The van der Waals surface area contributed by atoms with Crippen LogP contribution < -0.4 is 10.5 Å². The Morgan fingerprint density at radius 3 is 2.26 bits per heavy atom. The van der Waals surface area contributed by atoms with Crippen molar-refractivity contribution in [2.45, 2.75) is 18.3 Å². The highest BCUT2D eigenvalue weighted by molar-refractivity contribution is 5.33. The second kappa shape index (κ2) is 5.25. The first kappa shape index (κ1) is 15.6. The first-order valence-electron chi connectivity index (χ1n) is 4.86. The van der Waals surface area contributed by atoms with Gasteiger partial charge in [-0.25, -0.2) is 13.2 Å². The van der Waals surface area contributed by atoms with Crippen LogP contribution in [0.1, 0.15) is 11.6 Å². The van der Waals surface area contributed by atoms with Crippen LogP contribution in [0, 0.1) is 5.82 Å². The Bertz CT molecular complexity index is 448. The first-order chi connectivity index (χ1) is 8.57. The second-order valence-corrected chi connectivity index (χ2v) is 3.63. The summed E-state index contributed by atoms with van der Waals surface area (Å²) in [7, 11) is 0. The topological polar surface area (TPSA) is 55.5 Å². The standard InChI is InChI=1S/C10H9F6NO2/c11-7-2-1-5(19-10(14,15)16)3-6(7)8(17)9(12,13)4-18/h1-3,8,18H,4,17H2/t8-/m0/s1. The quantitative estimate of drug-likeness (QED) is 0.837. The maximum atomic E-state index is 13.3. The molecule has 3 nitrogen and oxygen atoms in total. The molecule has 0 unspecified atom stereocenters. The van der Waals surface area contributed by atoms with Crippen LogP contribution in [0.4, 0.5) is 26.3 Å². The van der Waals surface area contributed by atoms with Crippen molar-refractivity contribution in [2.75, 3.05) is 6.61 Å². The minimum Gasteiger partial charge on any atom is -0.406 e. The van der Waals surface area contributed by atoms with Crippen molar-refractivity contribution in [3.8, 4) is 5.75 Å². The molecule has 9 heteroatoms. The van der Waals surface area contributed by atoms with Gasteiger partial charge in [-0.05, 0) is 18.2 Å². The van der Waals surface area contributed by atoms with E-state index in [4.69, 9.17) is 10.8 Å². The number of nitrogens with two attached hydrogens (primary N) is 1. The monoisotopic (exact) mass is 289 g/mol. The maximum absolute atomic E-state index is 13.3. The molecule has 0 amide bonds. The van der Waals surface area contributed by atoms with Crippen LogP contribution in [0.2, 0.25) is 0 Å². The van der Waals surface area contributed by atoms with Gasteiger partial charge in [0.1, 0.15) is 18.2 Å². The molecule has 108 valence electrons. The van der Waals surface area contributed by atoms with E-state index in [9.17, 15) is 26.3 Å². The third-order valence-electron chi connectivity index (χ3n) is 2.20. The molecule has 1 atom stereocenters. The van der Waals surface area contributed by atoms with Crippen LogP contribution in [0.3, 0.4) is 0 Å². The number of halogens is 6. The van der Waals surface area contributed by atoms with Crippen LogP contribution in [-0.4, -0.2) is 24.0 Å². The average Bonchev–Trinajstić information content (AvgIpc) is 2.29. The summed E-state index contributed by atoms with van der Waals surface area (Å²) in [6, 6.07) is -0.744. The molecule has 0 aliphatic carbocycles. The Morgan fingerprint density at radius 1 is 1.21 bits per heavy atom. The average molecular weight is 289 g/mol. The molecule has 0 aliphatic heterocycles. The zero-order valence-electron chi connectivity index (χ0n) is 9.22. The zero-order chi connectivity index (χ0) is 14.8. The van der Waals surface area contributed by atoms with E-state index in [1.165, 1.54) is 0 Å². The third kappa shape index (κ3) is 4.00. The summed E-state index contributed by atoms with van der Waals surface area (Å²) in [5.41, 5.74) is 4.14. The van der Waals surface area contributed by atoms with Gasteiger partial charge in [-0.15, -0.1) is 13.2 Å². The number of rotatable bonds is 4. The van der Waals surface area contributed by atoms with Crippen molar-refractivity contribution < 1.29 is 36.2 Å². The van der Waals surface area contributed by atoms with E-state index >= 15 is 0 Å². The number of hydrogen-bond acceptors (Lipinski definition) is 3. The lowest BCUT2D eigenvalue weighted by molar-refractivity contribution is -0.274. The second-order valence-electron chi connectivity index (χ2n) is 3.63. The van der Waals surface area contributed by atoms with Crippen LogP contribution >= 0.6 is 0 Å². The summed E-state index contributed by atoms with van der Waals surface area (Å²) in [5.74, 6) is -5.99. The van der Waals surface area contributed by atoms with Gasteiger partial charge in [0.2, 0.25) is 0 Å². The lowest BCUT2D eigenvalue weighted by atomic mass is 10.0. The molecular formula is C10H9F6NO2. The lowest BCUT2D eigenvalue weighted by Crippen LogP contribution is -2.36. The predicted octanol–water partition coefficient (Wildman–Crippen LogP) is 2.35. The first-order valence-corrected chi connectivity index (χ1v) is 4.86. The van der Waals surface area contributed by atoms with E-state index < -0.39 is 42.1 Å². The fraction of sp³-hybridized carbons (Fsp3) is 0.400. The molecule has 0 saturated carbocycles. The Labute approximate surface area is 103 Å². The Balaban J connectivity index is 3.11. The predicted molar refractivity (Wildman–Crippen MR) is 52.0 cm³/mol. The molecule has 0 spiro atoms. The molecular weight excluding hydrogens is 280 g/mol. The number of aliphatic hydroxyl groups is 1. The van der Waals surface area contributed by atoms with Crippen LogP contribution in [0.15, 0.2) is 18.2 Å². The molecule has 0 aliphatic rings. The maximum Gasteiger partial charge on any atom is 0.573 e. The molecule has 3 N–H and O–H groups in total. The number of hydrogen-bond donors (Lipinski definition) is 2. The van der Waals surface area contributed by atoms with Crippen molar-refractivity contribution in [3.05, 3.63) is 29.6 Å². The summed E-state index contributed by atoms with van der Waals surface area (Å²) in [6.07, 6.45) is -5.04. The number of aliphatic hydroxyl groups excluding tert-OH is 1. The molecule has 0 heterocycles. The molecule has 1 aromatic rings. The smallest absolute Gasteiger partial charge is 0.406 e. The van der Waals surface area contributed by atoms with E-state index in [0.717, 1.165) is 0 Å². The summed E-state index contributed by atoms with van der Waals surface area (Å²) < 4.78 is 78.7.